The molecule has 0 heterocycles. The van der Waals surface area contributed by atoms with Gasteiger partial charge in [0.15, 0.2) is 0 Å². The zero-order valence-corrected chi connectivity index (χ0v) is 19.4. The lowest BCUT2D eigenvalue weighted by molar-refractivity contribution is 0.185. The molecular formula is C26H37FOS. The van der Waals surface area contributed by atoms with Crippen molar-refractivity contribution in [1.82, 2.24) is 0 Å². The summed E-state index contributed by atoms with van der Waals surface area (Å²) in [7, 11) is 1.71. The summed E-state index contributed by atoms with van der Waals surface area (Å²) >= 11 is 1.91. The number of halogens is 1. The van der Waals surface area contributed by atoms with Gasteiger partial charge in [-0.15, -0.1) is 11.8 Å². The molecule has 2 aromatic carbocycles. The third-order valence-corrected chi connectivity index (χ3v) is 7.11. The van der Waals surface area contributed by atoms with Crippen LogP contribution < -0.4 is 0 Å². The summed E-state index contributed by atoms with van der Waals surface area (Å²) in [6.45, 7) is 7.57. The largest absolute Gasteiger partial charge is 0.380 e. The van der Waals surface area contributed by atoms with Crippen molar-refractivity contribution in [1.29, 1.82) is 0 Å². The first-order chi connectivity index (χ1) is 14.0. The second-order valence-electron chi connectivity index (χ2n) is 8.49. The zero-order valence-electron chi connectivity index (χ0n) is 18.6. The summed E-state index contributed by atoms with van der Waals surface area (Å²) in [5.41, 5.74) is 3.78. The molecule has 29 heavy (non-hydrogen) atoms. The van der Waals surface area contributed by atoms with Crippen LogP contribution in [0, 0.1) is 11.2 Å². The highest BCUT2D eigenvalue weighted by Crippen LogP contribution is 2.38. The van der Waals surface area contributed by atoms with Crippen LogP contribution in [0.5, 0.6) is 0 Å². The van der Waals surface area contributed by atoms with Crippen molar-refractivity contribution in [2.75, 3.05) is 12.9 Å². The minimum Gasteiger partial charge on any atom is -0.380 e. The predicted octanol–water partition coefficient (Wildman–Crippen LogP) is 8.04. The first-order valence-electron chi connectivity index (χ1n) is 11.0. The Hall–Kier alpha value is -1.32. The van der Waals surface area contributed by atoms with E-state index in [1.807, 2.05) is 17.8 Å². The van der Waals surface area contributed by atoms with Gasteiger partial charge >= 0.3 is 0 Å². The zero-order chi connectivity index (χ0) is 21.1. The van der Waals surface area contributed by atoms with E-state index in [0.717, 1.165) is 23.3 Å². The molecule has 0 unspecified atom stereocenters. The number of hydrogen-bond donors (Lipinski definition) is 0. The SMILES string of the molecule is CCCCC(C)(CCCC)CSc1ccc(F)cc1Cc1cccc(COC)c1. The number of rotatable bonds is 13. The summed E-state index contributed by atoms with van der Waals surface area (Å²) in [5, 5.41) is 0. The number of ether oxygens (including phenoxy) is 1. The average molecular weight is 417 g/mol. The topological polar surface area (TPSA) is 9.23 Å². The van der Waals surface area contributed by atoms with Crippen LogP contribution in [0.2, 0.25) is 0 Å². The minimum absolute atomic E-state index is 0.155. The Morgan fingerprint density at radius 1 is 0.966 bits per heavy atom. The first kappa shape index (κ1) is 24.0. The summed E-state index contributed by atoms with van der Waals surface area (Å²) in [6, 6.07) is 13.7. The van der Waals surface area contributed by atoms with E-state index in [4.69, 9.17) is 4.74 Å². The monoisotopic (exact) mass is 416 g/mol. The first-order valence-corrected chi connectivity index (χ1v) is 12.0. The van der Waals surface area contributed by atoms with Gasteiger partial charge < -0.3 is 4.74 Å². The van der Waals surface area contributed by atoms with Crippen LogP contribution in [0.3, 0.4) is 0 Å². The number of methoxy groups -OCH3 is 1. The van der Waals surface area contributed by atoms with Gasteiger partial charge in [0, 0.05) is 17.8 Å². The van der Waals surface area contributed by atoms with Crippen LogP contribution in [0.25, 0.3) is 0 Å². The molecule has 1 nitrogen and oxygen atoms in total. The quantitative estimate of drug-likeness (QED) is 0.306. The van der Waals surface area contributed by atoms with Crippen molar-refractivity contribution in [3.8, 4) is 0 Å². The second-order valence-corrected chi connectivity index (χ2v) is 9.51. The van der Waals surface area contributed by atoms with E-state index in [0.29, 0.717) is 12.0 Å². The van der Waals surface area contributed by atoms with Gasteiger partial charge in [-0.1, -0.05) is 70.7 Å². The molecule has 0 bridgehead atoms. The van der Waals surface area contributed by atoms with Crippen LogP contribution in [0.1, 0.15) is 76.0 Å². The molecule has 0 fully saturated rings. The molecule has 0 aliphatic rings. The van der Waals surface area contributed by atoms with Crippen LogP contribution >= 0.6 is 11.8 Å². The van der Waals surface area contributed by atoms with E-state index < -0.39 is 0 Å². The average Bonchev–Trinajstić information content (AvgIpc) is 2.71. The maximum atomic E-state index is 14.0. The van der Waals surface area contributed by atoms with Gasteiger partial charge in [-0.3, -0.25) is 0 Å². The highest BCUT2D eigenvalue weighted by atomic mass is 32.2. The summed E-state index contributed by atoms with van der Waals surface area (Å²) in [6.07, 6.45) is 8.33. The van der Waals surface area contributed by atoms with Crippen LogP contribution in [-0.2, 0) is 17.8 Å². The Morgan fingerprint density at radius 3 is 2.31 bits per heavy atom. The molecular weight excluding hydrogens is 379 g/mol. The van der Waals surface area contributed by atoms with Crippen molar-refractivity contribution in [3.05, 3.63) is 65.0 Å². The van der Waals surface area contributed by atoms with E-state index in [1.54, 1.807) is 19.2 Å². The third kappa shape index (κ3) is 8.14. The maximum Gasteiger partial charge on any atom is 0.123 e. The summed E-state index contributed by atoms with van der Waals surface area (Å²) < 4.78 is 19.3. The Balaban J connectivity index is 2.15. The molecule has 0 saturated carbocycles. The number of hydrogen-bond acceptors (Lipinski definition) is 2. The van der Waals surface area contributed by atoms with Gasteiger partial charge in [-0.25, -0.2) is 4.39 Å². The third-order valence-electron chi connectivity index (χ3n) is 5.56. The molecule has 0 saturated heterocycles. The Morgan fingerprint density at radius 2 is 1.66 bits per heavy atom. The minimum atomic E-state index is -0.155. The van der Waals surface area contributed by atoms with Gasteiger partial charge in [0.2, 0.25) is 0 Å². The van der Waals surface area contributed by atoms with Gasteiger partial charge in [-0.05, 0) is 59.6 Å². The van der Waals surface area contributed by atoms with Crippen molar-refractivity contribution < 1.29 is 9.13 Å². The van der Waals surface area contributed by atoms with Gasteiger partial charge in [-0.2, -0.15) is 0 Å². The second kappa shape index (κ2) is 12.4. The fraction of sp³-hybridized carbons (Fsp3) is 0.538. The van der Waals surface area contributed by atoms with E-state index in [2.05, 4.69) is 45.0 Å². The van der Waals surface area contributed by atoms with Crippen molar-refractivity contribution in [2.24, 2.45) is 5.41 Å². The van der Waals surface area contributed by atoms with Crippen LogP contribution in [0.15, 0.2) is 47.4 Å². The van der Waals surface area contributed by atoms with Crippen molar-refractivity contribution in [2.45, 2.75) is 77.2 Å². The maximum absolute atomic E-state index is 14.0. The molecule has 0 radical (unpaired) electrons. The molecule has 0 aromatic heterocycles. The fourth-order valence-electron chi connectivity index (χ4n) is 3.77. The Bertz CT molecular complexity index is 735. The van der Waals surface area contributed by atoms with E-state index >= 15 is 0 Å². The molecule has 2 rings (SSSR count). The van der Waals surface area contributed by atoms with E-state index in [-0.39, 0.29) is 5.82 Å². The smallest absolute Gasteiger partial charge is 0.123 e. The van der Waals surface area contributed by atoms with Gasteiger partial charge in [0.1, 0.15) is 5.82 Å². The lowest BCUT2D eigenvalue weighted by Gasteiger charge is -2.30. The lowest BCUT2D eigenvalue weighted by atomic mass is 9.82. The number of benzene rings is 2. The van der Waals surface area contributed by atoms with Crippen LogP contribution in [0.4, 0.5) is 4.39 Å². The van der Waals surface area contributed by atoms with Gasteiger partial charge in [0.25, 0.3) is 0 Å². The Labute approximate surface area is 181 Å². The lowest BCUT2D eigenvalue weighted by Crippen LogP contribution is -2.19. The number of unbranched alkanes of at least 4 members (excludes halogenated alkanes) is 2. The normalized spacial score (nSPS) is 11.8. The molecule has 0 amide bonds. The highest BCUT2D eigenvalue weighted by molar-refractivity contribution is 7.99. The molecule has 3 heteroatoms. The van der Waals surface area contributed by atoms with E-state index in [9.17, 15) is 4.39 Å². The molecule has 160 valence electrons. The fourth-order valence-corrected chi connectivity index (χ4v) is 5.04. The predicted molar refractivity (Wildman–Crippen MR) is 124 cm³/mol. The molecule has 0 N–H and O–H groups in total. The highest BCUT2D eigenvalue weighted by Gasteiger charge is 2.24. The van der Waals surface area contributed by atoms with Crippen molar-refractivity contribution >= 4 is 11.8 Å². The molecule has 0 spiro atoms. The van der Waals surface area contributed by atoms with E-state index in [1.165, 1.54) is 49.0 Å². The standard InChI is InChI=1S/C26H37FOS/c1-5-7-14-26(3,15-8-6-2)20-29-25-13-12-24(27)18-23(25)17-21-10-9-11-22(16-21)19-28-4/h9-13,16,18H,5-8,14-15,17,19-20H2,1-4H3. The molecule has 0 aliphatic heterocycles. The molecule has 2 aromatic rings. The number of thioether (sulfide) groups is 1. The summed E-state index contributed by atoms with van der Waals surface area (Å²) in [4.78, 5) is 1.21. The van der Waals surface area contributed by atoms with Crippen LogP contribution in [-0.4, -0.2) is 12.9 Å². The Kier molecular flexibility index (Phi) is 10.2. The summed E-state index contributed by atoms with van der Waals surface area (Å²) in [5.74, 6) is 0.937. The molecule has 0 aliphatic carbocycles. The van der Waals surface area contributed by atoms with Crippen molar-refractivity contribution in [3.63, 3.8) is 0 Å². The molecule has 0 atom stereocenters. The van der Waals surface area contributed by atoms with Gasteiger partial charge in [0.05, 0.1) is 6.61 Å².